The van der Waals surface area contributed by atoms with Gasteiger partial charge < -0.3 is 10.2 Å². The molecule has 1 aliphatic carbocycles. The van der Waals surface area contributed by atoms with Crippen molar-refractivity contribution in [2.24, 2.45) is 23.2 Å². The van der Waals surface area contributed by atoms with Gasteiger partial charge in [-0.2, -0.15) is 0 Å². The van der Waals surface area contributed by atoms with E-state index in [4.69, 9.17) is 0 Å². The molecule has 1 fully saturated rings. The molecular formula is C33H52O2S. The largest absolute Gasteiger partial charge is 0.389 e. The van der Waals surface area contributed by atoms with Crippen molar-refractivity contribution in [2.45, 2.75) is 111 Å². The van der Waals surface area contributed by atoms with E-state index in [0.717, 1.165) is 11.5 Å². The summed E-state index contributed by atoms with van der Waals surface area (Å²) < 4.78 is 0. The van der Waals surface area contributed by atoms with Crippen molar-refractivity contribution in [3.63, 3.8) is 0 Å². The van der Waals surface area contributed by atoms with Gasteiger partial charge in [0.1, 0.15) is 0 Å². The van der Waals surface area contributed by atoms with Gasteiger partial charge in [-0.1, -0.05) is 83.0 Å². The lowest BCUT2D eigenvalue weighted by molar-refractivity contribution is 0.125. The molecular weight excluding hydrogens is 460 g/mol. The molecule has 2 nitrogen and oxygen atoms in total. The van der Waals surface area contributed by atoms with Gasteiger partial charge in [0.25, 0.3) is 0 Å². The highest BCUT2D eigenvalue weighted by Gasteiger charge is 2.47. The van der Waals surface area contributed by atoms with E-state index in [-0.39, 0.29) is 0 Å². The second-order valence-corrected chi connectivity index (χ2v) is 13.0. The third kappa shape index (κ3) is 8.10. The highest BCUT2D eigenvalue weighted by molar-refractivity contribution is 7.99. The summed E-state index contributed by atoms with van der Waals surface area (Å²) >= 11 is 2.03. The summed E-state index contributed by atoms with van der Waals surface area (Å²) in [6, 6.07) is 9.09. The van der Waals surface area contributed by atoms with Crippen LogP contribution in [0, 0.1) is 23.2 Å². The van der Waals surface area contributed by atoms with Crippen LogP contribution in [-0.4, -0.2) is 28.2 Å². The number of rotatable bonds is 13. The highest BCUT2D eigenvalue weighted by Crippen LogP contribution is 2.56. The van der Waals surface area contributed by atoms with Crippen molar-refractivity contribution in [2.75, 3.05) is 5.75 Å². The standard InChI is InChI=1S/C33H52O2S/c1-10-18-33(9)30(24(5)15-14-23(4)19-32(35)26(7)27(8)34)16-17-31(33)25(6)21-36-29-13-11-12-28(20-29)22(2)3/h11-15,20,22,25,27,30-32,34-35H,7,10,16-19,21H2,1-6,8-9H3/b23-14+,24-15+/t25-,27+,30?,31?,32+,33?/m0/s1. The van der Waals surface area contributed by atoms with Gasteiger partial charge in [-0.15, -0.1) is 11.8 Å². The Labute approximate surface area is 226 Å². The van der Waals surface area contributed by atoms with Crippen LogP contribution in [0.3, 0.4) is 0 Å². The van der Waals surface area contributed by atoms with Gasteiger partial charge >= 0.3 is 0 Å². The molecule has 0 amide bonds. The lowest BCUT2D eigenvalue weighted by Gasteiger charge is -2.40. The molecule has 0 spiro atoms. The fourth-order valence-corrected chi connectivity index (χ4v) is 7.41. The van der Waals surface area contributed by atoms with Gasteiger partial charge in [-0.25, -0.2) is 0 Å². The number of aliphatic hydroxyl groups excluding tert-OH is 2. The number of benzene rings is 1. The third-order valence-corrected chi connectivity index (χ3v) is 9.86. The topological polar surface area (TPSA) is 40.5 Å². The molecule has 3 unspecified atom stereocenters. The number of hydrogen-bond donors (Lipinski definition) is 2. The van der Waals surface area contributed by atoms with Crippen LogP contribution in [0.15, 0.2) is 64.6 Å². The molecule has 0 saturated heterocycles. The van der Waals surface area contributed by atoms with E-state index in [9.17, 15) is 10.2 Å². The first kappa shape index (κ1) is 30.9. The predicted molar refractivity (Wildman–Crippen MR) is 159 cm³/mol. The Kier molecular flexibility index (Phi) is 12.1. The Balaban J connectivity index is 2.11. The van der Waals surface area contributed by atoms with E-state index >= 15 is 0 Å². The number of hydrogen-bond acceptors (Lipinski definition) is 3. The quantitative estimate of drug-likeness (QED) is 0.157. The first-order valence-corrected chi connectivity index (χ1v) is 15.0. The maximum absolute atomic E-state index is 10.3. The molecule has 202 valence electrons. The van der Waals surface area contributed by atoms with Crippen LogP contribution in [-0.2, 0) is 0 Å². The van der Waals surface area contributed by atoms with E-state index in [0.29, 0.717) is 35.2 Å². The van der Waals surface area contributed by atoms with Gasteiger partial charge in [0, 0.05) is 10.6 Å². The highest BCUT2D eigenvalue weighted by atomic mass is 32.2. The zero-order chi connectivity index (χ0) is 27.0. The molecule has 2 rings (SSSR count). The Bertz CT molecular complexity index is 912. The Morgan fingerprint density at radius 2 is 1.83 bits per heavy atom. The van der Waals surface area contributed by atoms with Crippen LogP contribution >= 0.6 is 11.8 Å². The normalized spacial score (nSPS) is 25.8. The van der Waals surface area contributed by atoms with Crippen LogP contribution in [0.1, 0.15) is 99.0 Å². The maximum atomic E-state index is 10.3. The number of thioether (sulfide) groups is 1. The second kappa shape index (κ2) is 14.0. The summed E-state index contributed by atoms with van der Waals surface area (Å²) in [7, 11) is 0. The summed E-state index contributed by atoms with van der Waals surface area (Å²) in [5.41, 5.74) is 4.80. The predicted octanol–water partition coefficient (Wildman–Crippen LogP) is 8.95. The maximum Gasteiger partial charge on any atom is 0.0809 e. The fraction of sp³-hybridized carbons (Fsp3) is 0.636. The SMILES string of the molecule is C=C([C@H](O)C/C(C)=C/C=C(\C)C1CCC([C@@H](C)CSc2cccc(C(C)C)c2)C1(C)CCC)[C@@H](C)O. The summed E-state index contributed by atoms with van der Waals surface area (Å²) in [4.78, 5) is 1.40. The summed E-state index contributed by atoms with van der Waals surface area (Å²) in [6.07, 6.45) is 8.62. The van der Waals surface area contributed by atoms with Crippen molar-refractivity contribution in [1.29, 1.82) is 0 Å². The van der Waals surface area contributed by atoms with Gasteiger partial charge in [0.05, 0.1) is 12.2 Å². The molecule has 2 N–H and O–H groups in total. The van der Waals surface area contributed by atoms with Crippen LogP contribution in [0.2, 0.25) is 0 Å². The van der Waals surface area contributed by atoms with Gasteiger partial charge in [0.2, 0.25) is 0 Å². The zero-order valence-electron chi connectivity index (χ0n) is 24.2. The van der Waals surface area contributed by atoms with Crippen LogP contribution < -0.4 is 0 Å². The van der Waals surface area contributed by atoms with Crippen LogP contribution in [0.25, 0.3) is 0 Å². The second-order valence-electron chi connectivity index (χ2n) is 11.9. The number of aliphatic hydroxyl groups is 2. The van der Waals surface area contributed by atoms with Crippen molar-refractivity contribution in [3.05, 3.63) is 65.3 Å². The van der Waals surface area contributed by atoms with Crippen molar-refractivity contribution in [1.82, 2.24) is 0 Å². The van der Waals surface area contributed by atoms with E-state index in [1.54, 1.807) is 6.92 Å². The molecule has 6 atom stereocenters. The Hall–Kier alpha value is -1.29. The fourth-order valence-electron chi connectivity index (χ4n) is 6.32. The van der Waals surface area contributed by atoms with E-state index in [1.165, 1.54) is 47.5 Å². The lowest BCUT2D eigenvalue weighted by Crippen LogP contribution is -2.33. The molecule has 0 heterocycles. The van der Waals surface area contributed by atoms with Crippen molar-refractivity contribution >= 4 is 11.8 Å². The third-order valence-electron chi connectivity index (χ3n) is 8.58. The smallest absolute Gasteiger partial charge is 0.0809 e. The molecule has 36 heavy (non-hydrogen) atoms. The van der Waals surface area contributed by atoms with Crippen molar-refractivity contribution in [3.8, 4) is 0 Å². The van der Waals surface area contributed by atoms with Gasteiger partial charge in [-0.3, -0.25) is 0 Å². The first-order chi connectivity index (χ1) is 16.9. The minimum atomic E-state index is -0.698. The molecule has 1 saturated carbocycles. The lowest BCUT2D eigenvalue weighted by atomic mass is 9.65. The molecule has 1 aliphatic rings. The van der Waals surface area contributed by atoms with E-state index in [2.05, 4.69) is 91.5 Å². The summed E-state index contributed by atoms with van der Waals surface area (Å²) in [5.74, 6) is 3.74. The minimum absolute atomic E-state index is 0.316. The summed E-state index contributed by atoms with van der Waals surface area (Å²) in [6.45, 7) is 21.7. The molecule has 1 aromatic rings. The average molecular weight is 513 g/mol. The Morgan fingerprint density at radius 1 is 1.14 bits per heavy atom. The van der Waals surface area contributed by atoms with Crippen LogP contribution in [0.5, 0.6) is 0 Å². The molecule has 0 aromatic heterocycles. The molecule has 0 aliphatic heterocycles. The van der Waals surface area contributed by atoms with E-state index < -0.39 is 12.2 Å². The minimum Gasteiger partial charge on any atom is -0.389 e. The monoisotopic (exact) mass is 512 g/mol. The first-order valence-electron chi connectivity index (χ1n) is 14.0. The van der Waals surface area contributed by atoms with Gasteiger partial charge in [0.15, 0.2) is 0 Å². The molecule has 0 radical (unpaired) electrons. The number of allylic oxidation sites excluding steroid dienone is 3. The van der Waals surface area contributed by atoms with Crippen LogP contribution in [0.4, 0.5) is 0 Å². The zero-order valence-corrected chi connectivity index (χ0v) is 25.0. The summed E-state index contributed by atoms with van der Waals surface area (Å²) in [5, 5.41) is 20.0. The molecule has 0 bridgehead atoms. The molecule has 1 aromatic carbocycles. The van der Waals surface area contributed by atoms with Crippen molar-refractivity contribution < 1.29 is 10.2 Å². The Morgan fingerprint density at radius 3 is 2.44 bits per heavy atom. The van der Waals surface area contributed by atoms with E-state index in [1.807, 2.05) is 11.8 Å². The van der Waals surface area contributed by atoms with Gasteiger partial charge in [-0.05, 0) is 98.8 Å². The molecule has 3 heteroatoms. The average Bonchev–Trinajstić information content (AvgIpc) is 3.17.